The van der Waals surface area contributed by atoms with Crippen molar-refractivity contribution < 1.29 is 9.53 Å². The van der Waals surface area contributed by atoms with Gasteiger partial charge in [0.15, 0.2) is 0 Å². The van der Waals surface area contributed by atoms with Crippen LogP contribution in [0.25, 0.3) is 0 Å². The Labute approximate surface area is 133 Å². The lowest BCUT2D eigenvalue weighted by Crippen LogP contribution is -2.48. The quantitative estimate of drug-likeness (QED) is 0.868. The molecule has 0 amide bonds. The molecule has 1 aliphatic rings. The largest absolute Gasteiger partial charge is 0.465 e. The molecule has 1 aliphatic heterocycles. The van der Waals surface area contributed by atoms with Crippen molar-refractivity contribution in [2.24, 2.45) is 11.7 Å². The highest BCUT2D eigenvalue weighted by molar-refractivity contribution is 5.89. The monoisotopic (exact) mass is 312 g/mol. The average molecular weight is 313 g/mol. The summed E-state index contributed by atoms with van der Waals surface area (Å²) in [7, 11) is 1.41. The Balaban J connectivity index is 0.00000220. The first-order chi connectivity index (χ1) is 9.65. The van der Waals surface area contributed by atoms with E-state index in [1.807, 2.05) is 12.1 Å². The van der Waals surface area contributed by atoms with Gasteiger partial charge in [0, 0.05) is 19.1 Å². The van der Waals surface area contributed by atoms with Gasteiger partial charge in [-0.05, 0) is 43.0 Å². The van der Waals surface area contributed by atoms with E-state index in [2.05, 4.69) is 17.9 Å². The van der Waals surface area contributed by atoms with Crippen molar-refractivity contribution in [3.63, 3.8) is 0 Å². The number of methoxy groups -OCH3 is 1. The standard InChI is InChI=1S/C16H24N2O2.ClH/c1-12-5-4-8-18(15(12)10-17)11-13-6-3-7-14(9-13)16(19)20-2;/h3,6-7,9,12,15H,4-5,8,10-11,17H2,1-2H3;1H. The van der Waals surface area contributed by atoms with Crippen molar-refractivity contribution in [1.29, 1.82) is 0 Å². The van der Waals surface area contributed by atoms with Gasteiger partial charge in [0.1, 0.15) is 0 Å². The molecule has 0 aromatic heterocycles. The number of nitrogens with two attached hydrogens (primary N) is 1. The maximum Gasteiger partial charge on any atom is 0.337 e. The summed E-state index contributed by atoms with van der Waals surface area (Å²) in [5.74, 6) is 0.353. The molecular weight excluding hydrogens is 288 g/mol. The molecular formula is C16H25ClN2O2. The number of carbonyl (C=O) groups excluding carboxylic acids is 1. The van der Waals surface area contributed by atoms with Gasteiger partial charge in [-0.25, -0.2) is 4.79 Å². The minimum Gasteiger partial charge on any atom is -0.465 e. The van der Waals surface area contributed by atoms with Crippen molar-refractivity contribution in [1.82, 2.24) is 4.90 Å². The van der Waals surface area contributed by atoms with Crippen LogP contribution < -0.4 is 5.73 Å². The van der Waals surface area contributed by atoms with Crippen LogP contribution in [0.15, 0.2) is 24.3 Å². The van der Waals surface area contributed by atoms with E-state index in [0.717, 1.165) is 18.7 Å². The second-order valence-corrected chi connectivity index (χ2v) is 5.58. The van der Waals surface area contributed by atoms with Crippen LogP contribution in [-0.2, 0) is 11.3 Å². The number of hydrogen-bond acceptors (Lipinski definition) is 4. The van der Waals surface area contributed by atoms with E-state index in [1.54, 1.807) is 6.07 Å². The predicted octanol–water partition coefficient (Wildman–Crippen LogP) is 2.45. The third-order valence-electron chi connectivity index (χ3n) is 4.21. The number of esters is 1. The van der Waals surface area contributed by atoms with Crippen molar-refractivity contribution in [3.05, 3.63) is 35.4 Å². The van der Waals surface area contributed by atoms with Crippen LogP contribution in [0.1, 0.15) is 35.7 Å². The Morgan fingerprint density at radius 2 is 2.24 bits per heavy atom. The summed E-state index contributed by atoms with van der Waals surface area (Å²) in [5.41, 5.74) is 7.67. The SMILES string of the molecule is COC(=O)c1cccc(CN2CCCC(C)C2CN)c1.Cl. The summed E-state index contributed by atoms with van der Waals surface area (Å²) in [5, 5.41) is 0. The Morgan fingerprint density at radius 3 is 2.90 bits per heavy atom. The van der Waals surface area contributed by atoms with E-state index >= 15 is 0 Å². The minimum absolute atomic E-state index is 0. The van der Waals surface area contributed by atoms with Gasteiger partial charge < -0.3 is 10.5 Å². The molecule has 0 bridgehead atoms. The van der Waals surface area contributed by atoms with E-state index in [-0.39, 0.29) is 18.4 Å². The van der Waals surface area contributed by atoms with Gasteiger partial charge in [0.2, 0.25) is 0 Å². The molecule has 2 unspecified atom stereocenters. The van der Waals surface area contributed by atoms with Gasteiger partial charge in [-0.2, -0.15) is 0 Å². The predicted molar refractivity (Wildman–Crippen MR) is 86.7 cm³/mol. The highest BCUT2D eigenvalue weighted by Crippen LogP contribution is 2.24. The Kier molecular flexibility index (Phi) is 7.15. The van der Waals surface area contributed by atoms with E-state index in [4.69, 9.17) is 10.5 Å². The summed E-state index contributed by atoms with van der Waals surface area (Å²) in [6.07, 6.45) is 2.47. The number of benzene rings is 1. The van der Waals surface area contributed by atoms with Crippen molar-refractivity contribution >= 4 is 18.4 Å². The van der Waals surface area contributed by atoms with Gasteiger partial charge in [-0.3, -0.25) is 4.90 Å². The van der Waals surface area contributed by atoms with Crippen molar-refractivity contribution in [2.45, 2.75) is 32.4 Å². The fourth-order valence-electron chi connectivity index (χ4n) is 3.06. The smallest absolute Gasteiger partial charge is 0.337 e. The molecule has 1 fully saturated rings. The zero-order valence-corrected chi connectivity index (χ0v) is 13.6. The molecule has 0 aliphatic carbocycles. The molecule has 1 saturated heterocycles. The first-order valence-electron chi connectivity index (χ1n) is 7.27. The minimum atomic E-state index is -0.283. The van der Waals surface area contributed by atoms with E-state index in [9.17, 15) is 4.79 Å². The molecule has 4 nitrogen and oxygen atoms in total. The number of ether oxygens (including phenoxy) is 1. The molecule has 1 aromatic carbocycles. The number of piperidine rings is 1. The third kappa shape index (κ3) is 4.43. The van der Waals surface area contributed by atoms with Gasteiger partial charge in [0.05, 0.1) is 12.7 Å². The van der Waals surface area contributed by atoms with Crippen LogP contribution >= 0.6 is 12.4 Å². The van der Waals surface area contributed by atoms with Gasteiger partial charge in [-0.1, -0.05) is 19.1 Å². The molecule has 0 saturated carbocycles. The third-order valence-corrected chi connectivity index (χ3v) is 4.21. The molecule has 0 spiro atoms. The Bertz CT molecular complexity index is 467. The zero-order valence-electron chi connectivity index (χ0n) is 12.7. The summed E-state index contributed by atoms with van der Waals surface area (Å²) in [6, 6.07) is 8.10. The van der Waals surface area contributed by atoms with Crippen LogP contribution in [-0.4, -0.2) is 37.1 Å². The van der Waals surface area contributed by atoms with E-state index in [1.165, 1.54) is 20.0 Å². The van der Waals surface area contributed by atoms with Crippen LogP contribution in [0.4, 0.5) is 0 Å². The Morgan fingerprint density at radius 1 is 1.48 bits per heavy atom. The van der Waals surface area contributed by atoms with E-state index in [0.29, 0.717) is 24.1 Å². The number of halogens is 1. The lowest BCUT2D eigenvalue weighted by atomic mass is 9.90. The van der Waals surface area contributed by atoms with Gasteiger partial charge >= 0.3 is 5.97 Å². The van der Waals surface area contributed by atoms with Crippen molar-refractivity contribution in [3.8, 4) is 0 Å². The van der Waals surface area contributed by atoms with E-state index < -0.39 is 0 Å². The first-order valence-corrected chi connectivity index (χ1v) is 7.27. The maximum atomic E-state index is 11.6. The summed E-state index contributed by atoms with van der Waals surface area (Å²) in [4.78, 5) is 14.0. The Hall–Kier alpha value is -1.10. The topological polar surface area (TPSA) is 55.6 Å². The molecule has 5 heteroatoms. The average Bonchev–Trinajstić information content (AvgIpc) is 2.47. The number of nitrogens with zero attached hydrogens (tertiary/aromatic N) is 1. The molecule has 2 atom stereocenters. The molecule has 21 heavy (non-hydrogen) atoms. The lowest BCUT2D eigenvalue weighted by Gasteiger charge is -2.39. The van der Waals surface area contributed by atoms with Gasteiger partial charge in [0.25, 0.3) is 0 Å². The van der Waals surface area contributed by atoms with Crippen LogP contribution in [0.3, 0.4) is 0 Å². The first kappa shape index (κ1) is 18.0. The summed E-state index contributed by atoms with van der Waals surface area (Å²) in [6.45, 7) is 4.89. The fraction of sp³-hybridized carbons (Fsp3) is 0.562. The lowest BCUT2D eigenvalue weighted by molar-refractivity contribution is 0.0600. The zero-order chi connectivity index (χ0) is 14.5. The van der Waals surface area contributed by atoms with Gasteiger partial charge in [-0.15, -0.1) is 12.4 Å². The molecule has 0 radical (unpaired) electrons. The van der Waals surface area contributed by atoms with Crippen molar-refractivity contribution in [2.75, 3.05) is 20.2 Å². The number of hydrogen-bond donors (Lipinski definition) is 1. The molecule has 1 heterocycles. The number of likely N-dealkylation sites (tertiary alicyclic amines) is 1. The normalized spacial score (nSPS) is 22.4. The molecule has 2 N–H and O–H groups in total. The molecule has 118 valence electrons. The molecule has 1 aromatic rings. The highest BCUT2D eigenvalue weighted by atomic mass is 35.5. The maximum absolute atomic E-state index is 11.6. The number of carbonyl (C=O) groups is 1. The van der Waals surface area contributed by atoms with Crippen LogP contribution in [0, 0.1) is 5.92 Å². The second-order valence-electron chi connectivity index (χ2n) is 5.58. The van der Waals surface area contributed by atoms with Crippen LogP contribution in [0.2, 0.25) is 0 Å². The number of rotatable bonds is 4. The van der Waals surface area contributed by atoms with Crippen LogP contribution in [0.5, 0.6) is 0 Å². The summed E-state index contributed by atoms with van der Waals surface area (Å²) < 4.78 is 4.77. The summed E-state index contributed by atoms with van der Waals surface area (Å²) >= 11 is 0. The fourth-order valence-corrected chi connectivity index (χ4v) is 3.06. The molecule has 2 rings (SSSR count). The highest BCUT2D eigenvalue weighted by Gasteiger charge is 2.27. The second kappa shape index (κ2) is 8.37.